The Labute approximate surface area is 101 Å². The zero-order valence-corrected chi connectivity index (χ0v) is 10.2. The van der Waals surface area contributed by atoms with Crippen molar-refractivity contribution in [2.45, 2.75) is 32.2 Å². The second-order valence-corrected chi connectivity index (χ2v) is 4.38. The summed E-state index contributed by atoms with van der Waals surface area (Å²) in [5.41, 5.74) is 4.02. The quantitative estimate of drug-likeness (QED) is 0.606. The number of carbonyl (C=O) groups is 1. The van der Waals surface area contributed by atoms with Crippen LogP contribution in [0.4, 0.5) is 5.82 Å². The second-order valence-electron chi connectivity index (χ2n) is 4.38. The molecule has 0 radical (unpaired) electrons. The molecule has 0 atom stereocenters. The smallest absolute Gasteiger partial charge is 0.254 e. The molecule has 1 aromatic rings. The summed E-state index contributed by atoms with van der Waals surface area (Å²) in [4.78, 5) is 18.3. The number of aromatic nitrogens is 1. The van der Waals surface area contributed by atoms with Gasteiger partial charge in [-0.25, -0.2) is 10.8 Å². The number of hydrazine groups is 1. The topological polar surface area (TPSA) is 71.2 Å². The number of hydrogen-bond donors (Lipinski definition) is 2. The number of nitrogens with two attached hydrogens (primary N) is 1. The highest BCUT2D eigenvalue weighted by molar-refractivity contribution is 5.95. The van der Waals surface area contributed by atoms with E-state index >= 15 is 0 Å². The molecule has 0 aliphatic heterocycles. The Bertz CT molecular complexity index is 406. The van der Waals surface area contributed by atoms with Crippen molar-refractivity contribution in [2.75, 3.05) is 12.5 Å². The molecule has 1 aliphatic rings. The first-order valence-electron chi connectivity index (χ1n) is 5.90. The maximum Gasteiger partial charge on any atom is 0.254 e. The van der Waals surface area contributed by atoms with Crippen LogP contribution >= 0.6 is 0 Å². The molecule has 1 fully saturated rings. The van der Waals surface area contributed by atoms with E-state index in [1.807, 2.05) is 20.0 Å². The number of nitrogens with one attached hydrogen (secondary N) is 1. The van der Waals surface area contributed by atoms with E-state index in [0.29, 0.717) is 17.4 Å². The van der Waals surface area contributed by atoms with Crippen molar-refractivity contribution in [1.82, 2.24) is 9.88 Å². The predicted molar refractivity (Wildman–Crippen MR) is 66.5 cm³/mol. The maximum atomic E-state index is 12.2. The zero-order valence-electron chi connectivity index (χ0n) is 10.2. The number of anilines is 1. The van der Waals surface area contributed by atoms with Crippen molar-refractivity contribution in [1.29, 1.82) is 0 Å². The Balaban J connectivity index is 2.26. The molecule has 5 nitrogen and oxygen atoms in total. The highest BCUT2D eigenvalue weighted by Gasteiger charge is 2.30. The van der Waals surface area contributed by atoms with E-state index in [1.165, 1.54) is 0 Å². The second kappa shape index (κ2) is 4.71. The lowest BCUT2D eigenvalue weighted by atomic mass is 10.1. The minimum absolute atomic E-state index is 0.0427. The fourth-order valence-corrected chi connectivity index (χ4v) is 1.80. The molecule has 92 valence electrons. The number of aryl methyl sites for hydroxylation is 1. The van der Waals surface area contributed by atoms with Gasteiger partial charge in [-0.05, 0) is 31.4 Å². The molecule has 1 saturated carbocycles. The molecule has 1 amide bonds. The van der Waals surface area contributed by atoms with Gasteiger partial charge in [-0.15, -0.1) is 0 Å². The van der Waals surface area contributed by atoms with Crippen LogP contribution in [0.25, 0.3) is 0 Å². The van der Waals surface area contributed by atoms with Crippen LogP contribution in [0.15, 0.2) is 12.1 Å². The van der Waals surface area contributed by atoms with Gasteiger partial charge in [0, 0.05) is 24.3 Å². The zero-order chi connectivity index (χ0) is 12.4. The van der Waals surface area contributed by atoms with E-state index in [2.05, 4.69) is 10.4 Å². The highest BCUT2D eigenvalue weighted by atomic mass is 16.2. The summed E-state index contributed by atoms with van der Waals surface area (Å²) in [6.45, 7) is 2.00. The lowest BCUT2D eigenvalue weighted by Crippen LogP contribution is -2.29. The number of nitrogens with zero attached hydrogens (tertiary/aromatic N) is 2. The molecule has 3 N–H and O–H groups in total. The number of hydrogen-bond acceptors (Lipinski definition) is 4. The molecule has 17 heavy (non-hydrogen) atoms. The first-order valence-corrected chi connectivity index (χ1v) is 5.90. The van der Waals surface area contributed by atoms with Crippen molar-refractivity contribution in [3.05, 3.63) is 23.4 Å². The molecule has 0 unspecified atom stereocenters. The molecule has 0 aromatic carbocycles. The van der Waals surface area contributed by atoms with Crippen molar-refractivity contribution < 1.29 is 4.79 Å². The van der Waals surface area contributed by atoms with Crippen molar-refractivity contribution >= 4 is 11.7 Å². The third-order valence-electron chi connectivity index (χ3n) is 3.05. The van der Waals surface area contributed by atoms with Crippen LogP contribution < -0.4 is 11.3 Å². The van der Waals surface area contributed by atoms with E-state index in [4.69, 9.17) is 5.84 Å². The average Bonchev–Trinajstić information content (AvgIpc) is 3.20. The first kappa shape index (κ1) is 11.9. The van der Waals surface area contributed by atoms with E-state index in [1.54, 1.807) is 11.0 Å². The van der Waals surface area contributed by atoms with Crippen molar-refractivity contribution in [3.8, 4) is 0 Å². The number of pyridine rings is 1. The van der Waals surface area contributed by atoms with Crippen LogP contribution in [0.1, 0.15) is 35.8 Å². The standard InChI is InChI=1S/C12H18N4O/c1-3-9-6-8(7-11(14-9)15-13)12(17)16(2)10-4-5-10/h6-7,10H,3-5,13H2,1-2H3,(H,14,15). The predicted octanol–water partition coefficient (Wildman–Crippen LogP) is 1.16. The van der Waals surface area contributed by atoms with Crippen LogP contribution in [0.5, 0.6) is 0 Å². The monoisotopic (exact) mass is 234 g/mol. The highest BCUT2D eigenvalue weighted by Crippen LogP contribution is 2.27. The summed E-state index contributed by atoms with van der Waals surface area (Å²) < 4.78 is 0. The van der Waals surface area contributed by atoms with Crippen LogP contribution in [-0.4, -0.2) is 28.9 Å². The molecular weight excluding hydrogens is 216 g/mol. The van der Waals surface area contributed by atoms with E-state index in [-0.39, 0.29) is 5.91 Å². The molecule has 5 heteroatoms. The van der Waals surface area contributed by atoms with Crippen LogP contribution in [0, 0.1) is 0 Å². The summed E-state index contributed by atoms with van der Waals surface area (Å²) in [5.74, 6) is 5.93. The molecule has 0 bridgehead atoms. The number of nitrogen functional groups attached to an aromatic ring is 1. The van der Waals surface area contributed by atoms with Crippen LogP contribution in [0.3, 0.4) is 0 Å². The molecule has 0 saturated heterocycles. The van der Waals surface area contributed by atoms with Gasteiger partial charge in [0.2, 0.25) is 0 Å². The summed E-state index contributed by atoms with van der Waals surface area (Å²) in [6.07, 6.45) is 2.99. The van der Waals surface area contributed by atoms with Gasteiger partial charge in [-0.2, -0.15) is 0 Å². The Morgan fingerprint density at radius 3 is 2.82 bits per heavy atom. The van der Waals surface area contributed by atoms with Gasteiger partial charge in [0.1, 0.15) is 5.82 Å². The minimum atomic E-state index is 0.0427. The Hall–Kier alpha value is -1.62. The molecule has 1 aromatic heterocycles. The molecule has 1 aliphatic carbocycles. The van der Waals surface area contributed by atoms with E-state index in [0.717, 1.165) is 25.0 Å². The van der Waals surface area contributed by atoms with Gasteiger partial charge < -0.3 is 10.3 Å². The maximum absolute atomic E-state index is 12.2. The third kappa shape index (κ3) is 2.55. The number of carbonyl (C=O) groups excluding carboxylic acids is 1. The summed E-state index contributed by atoms with van der Waals surface area (Å²) >= 11 is 0. The average molecular weight is 234 g/mol. The van der Waals surface area contributed by atoms with Gasteiger partial charge in [-0.3, -0.25) is 4.79 Å². The lowest BCUT2D eigenvalue weighted by molar-refractivity contribution is 0.0785. The summed E-state index contributed by atoms with van der Waals surface area (Å²) in [6, 6.07) is 3.94. The third-order valence-corrected chi connectivity index (χ3v) is 3.05. The summed E-state index contributed by atoms with van der Waals surface area (Å²) in [7, 11) is 1.85. The van der Waals surface area contributed by atoms with E-state index in [9.17, 15) is 4.79 Å². The van der Waals surface area contributed by atoms with Gasteiger partial charge >= 0.3 is 0 Å². The van der Waals surface area contributed by atoms with Gasteiger partial charge in [0.15, 0.2) is 0 Å². The fraction of sp³-hybridized carbons (Fsp3) is 0.500. The van der Waals surface area contributed by atoms with Crippen LogP contribution in [-0.2, 0) is 6.42 Å². The lowest BCUT2D eigenvalue weighted by Gasteiger charge is -2.17. The Kier molecular flexibility index (Phi) is 3.28. The molecule has 2 rings (SSSR count). The Morgan fingerprint density at radius 2 is 2.29 bits per heavy atom. The molecular formula is C12H18N4O. The largest absolute Gasteiger partial charge is 0.339 e. The first-order chi connectivity index (χ1) is 8.15. The molecule has 1 heterocycles. The number of amides is 1. The van der Waals surface area contributed by atoms with Gasteiger partial charge in [0.25, 0.3) is 5.91 Å². The van der Waals surface area contributed by atoms with Gasteiger partial charge in [0.05, 0.1) is 0 Å². The van der Waals surface area contributed by atoms with Crippen molar-refractivity contribution in [2.24, 2.45) is 5.84 Å². The summed E-state index contributed by atoms with van der Waals surface area (Å²) in [5, 5.41) is 0. The number of rotatable bonds is 4. The van der Waals surface area contributed by atoms with Crippen molar-refractivity contribution in [3.63, 3.8) is 0 Å². The van der Waals surface area contributed by atoms with Gasteiger partial charge in [-0.1, -0.05) is 6.92 Å². The molecule has 0 spiro atoms. The Morgan fingerprint density at radius 1 is 1.59 bits per heavy atom. The minimum Gasteiger partial charge on any atom is -0.339 e. The SMILES string of the molecule is CCc1cc(C(=O)N(C)C2CC2)cc(NN)n1. The normalized spacial score (nSPS) is 14.5. The fourth-order valence-electron chi connectivity index (χ4n) is 1.80. The van der Waals surface area contributed by atoms with E-state index < -0.39 is 0 Å². The van der Waals surface area contributed by atoms with Crippen LogP contribution in [0.2, 0.25) is 0 Å².